The van der Waals surface area contributed by atoms with Crippen LogP contribution in [0, 0.1) is 5.92 Å². The van der Waals surface area contributed by atoms with Crippen LogP contribution in [0.5, 0.6) is 0 Å². The van der Waals surface area contributed by atoms with Gasteiger partial charge in [0.15, 0.2) is 0 Å². The summed E-state index contributed by atoms with van der Waals surface area (Å²) in [6.07, 6.45) is 11.6. The number of hydrogen-bond acceptors (Lipinski definition) is 2. The number of nitrogens with one attached hydrogen (secondary N) is 1. The standard InChI is InChI=1S/C15H28N2/c1-12-5-3-2-4-10-17(12)15-9-6-13(15)11-16-14-7-8-14/h12-16H,2-11H2,1H3. The molecule has 3 atom stereocenters. The summed E-state index contributed by atoms with van der Waals surface area (Å²) in [5.74, 6) is 0.955. The highest BCUT2D eigenvalue weighted by molar-refractivity contribution is 4.94. The van der Waals surface area contributed by atoms with Crippen molar-refractivity contribution in [2.45, 2.75) is 76.4 Å². The average molecular weight is 236 g/mol. The Bertz CT molecular complexity index is 249. The second-order valence-corrected chi connectivity index (χ2v) is 6.52. The molecular formula is C15H28N2. The number of hydrogen-bond donors (Lipinski definition) is 1. The van der Waals surface area contributed by atoms with Gasteiger partial charge in [0.05, 0.1) is 0 Å². The Hall–Kier alpha value is -0.0800. The van der Waals surface area contributed by atoms with E-state index in [2.05, 4.69) is 17.1 Å². The SMILES string of the molecule is CC1CCCCCN1C1CCC1CNC1CC1. The van der Waals surface area contributed by atoms with Crippen molar-refractivity contribution >= 4 is 0 Å². The van der Waals surface area contributed by atoms with Crippen molar-refractivity contribution in [3.05, 3.63) is 0 Å². The summed E-state index contributed by atoms with van der Waals surface area (Å²) in [7, 11) is 0. The monoisotopic (exact) mass is 236 g/mol. The first-order valence-electron chi connectivity index (χ1n) is 7.84. The molecule has 2 heteroatoms. The molecule has 0 bridgehead atoms. The van der Waals surface area contributed by atoms with Gasteiger partial charge in [-0.3, -0.25) is 4.90 Å². The summed E-state index contributed by atoms with van der Waals surface area (Å²) >= 11 is 0. The van der Waals surface area contributed by atoms with Crippen molar-refractivity contribution in [2.24, 2.45) is 5.92 Å². The molecule has 2 saturated carbocycles. The first-order valence-corrected chi connectivity index (χ1v) is 7.84. The van der Waals surface area contributed by atoms with Gasteiger partial charge in [-0.05, 0) is 64.5 Å². The van der Waals surface area contributed by atoms with Gasteiger partial charge < -0.3 is 5.32 Å². The summed E-state index contributed by atoms with van der Waals surface area (Å²) in [5, 5.41) is 3.73. The second-order valence-electron chi connectivity index (χ2n) is 6.52. The Morgan fingerprint density at radius 3 is 2.59 bits per heavy atom. The molecule has 1 heterocycles. The molecule has 3 rings (SSSR count). The lowest BCUT2D eigenvalue weighted by atomic mass is 9.77. The van der Waals surface area contributed by atoms with E-state index in [0.29, 0.717) is 0 Å². The van der Waals surface area contributed by atoms with Gasteiger partial charge in [-0.1, -0.05) is 12.8 Å². The molecule has 0 aromatic heterocycles. The van der Waals surface area contributed by atoms with Gasteiger partial charge in [-0.15, -0.1) is 0 Å². The van der Waals surface area contributed by atoms with Crippen molar-refractivity contribution in [3.8, 4) is 0 Å². The zero-order valence-corrected chi connectivity index (χ0v) is 11.3. The van der Waals surface area contributed by atoms with Gasteiger partial charge in [-0.25, -0.2) is 0 Å². The lowest BCUT2D eigenvalue weighted by Crippen LogP contribution is -2.53. The fourth-order valence-corrected chi connectivity index (χ4v) is 3.62. The van der Waals surface area contributed by atoms with Crippen LogP contribution in [-0.2, 0) is 0 Å². The van der Waals surface area contributed by atoms with Crippen LogP contribution in [0.3, 0.4) is 0 Å². The summed E-state index contributed by atoms with van der Waals surface area (Å²) in [6, 6.07) is 2.64. The smallest absolute Gasteiger partial charge is 0.0139 e. The summed E-state index contributed by atoms with van der Waals surface area (Å²) < 4.78 is 0. The molecule has 1 aliphatic heterocycles. The molecule has 2 aliphatic carbocycles. The van der Waals surface area contributed by atoms with Crippen LogP contribution in [0.2, 0.25) is 0 Å². The molecule has 0 amide bonds. The maximum Gasteiger partial charge on any atom is 0.0139 e. The molecular weight excluding hydrogens is 208 g/mol. The van der Waals surface area contributed by atoms with Gasteiger partial charge >= 0.3 is 0 Å². The summed E-state index contributed by atoms with van der Waals surface area (Å²) in [6.45, 7) is 5.11. The molecule has 0 aromatic carbocycles. The molecule has 3 aliphatic rings. The molecule has 1 N–H and O–H groups in total. The maximum absolute atomic E-state index is 3.73. The van der Waals surface area contributed by atoms with Crippen LogP contribution in [0.25, 0.3) is 0 Å². The summed E-state index contributed by atoms with van der Waals surface area (Å²) in [4.78, 5) is 2.84. The van der Waals surface area contributed by atoms with E-state index in [0.717, 1.165) is 24.0 Å². The molecule has 3 fully saturated rings. The van der Waals surface area contributed by atoms with E-state index in [1.54, 1.807) is 0 Å². The van der Waals surface area contributed by atoms with E-state index >= 15 is 0 Å². The molecule has 0 radical (unpaired) electrons. The predicted molar refractivity (Wildman–Crippen MR) is 72.2 cm³/mol. The van der Waals surface area contributed by atoms with Crippen molar-refractivity contribution in [3.63, 3.8) is 0 Å². The Morgan fingerprint density at radius 1 is 1.00 bits per heavy atom. The average Bonchev–Trinajstić information content (AvgIpc) is 3.08. The minimum Gasteiger partial charge on any atom is -0.314 e. The van der Waals surface area contributed by atoms with Crippen LogP contribution >= 0.6 is 0 Å². The van der Waals surface area contributed by atoms with Crippen molar-refractivity contribution in [1.29, 1.82) is 0 Å². The maximum atomic E-state index is 3.73. The second kappa shape index (κ2) is 5.27. The minimum absolute atomic E-state index is 0.839. The van der Waals surface area contributed by atoms with Gasteiger partial charge in [0, 0.05) is 18.1 Å². The van der Waals surface area contributed by atoms with Gasteiger partial charge in [-0.2, -0.15) is 0 Å². The highest BCUT2D eigenvalue weighted by atomic mass is 15.2. The number of nitrogens with zero attached hydrogens (tertiary/aromatic N) is 1. The van der Waals surface area contributed by atoms with E-state index in [4.69, 9.17) is 0 Å². The largest absolute Gasteiger partial charge is 0.314 e. The molecule has 3 unspecified atom stereocenters. The Labute approximate surface area is 106 Å². The highest BCUT2D eigenvalue weighted by Gasteiger charge is 2.38. The van der Waals surface area contributed by atoms with Crippen LogP contribution in [0.15, 0.2) is 0 Å². The molecule has 0 spiro atoms. The fraction of sp³-hybridized carbons (Fsp3) is 1.00. The van der Waals surface area contributed by atoms with E-state index in [1.165, 1.54) is 64.5 Å². The van der Waals surface area contributed by atoms with Crippen molar-refractivity contribution < 1.29 is 0 Å². The van der Waals surface area contributed by atoms with Crippen molar-refractivity contribution in [1.82, 2.24) is 10.2 Å². The Kier molecular flexibility index (Phi) is 3.72. The fourth-order valence-electron chi connectivity index (χ4n) is 3.62. The predicted octanol–water partition coefficient (Wildman–Crippen LogP) is 2.78. The van der Waals surface area contributed by atoms with E-state index in [9.17, 15) is 0 Å². The summed E-state index contributed by atoms with van der Waals surface area (Å²) in [5.41, 5.74) is 0. The molecule has 98 valence electrons. The lowest BCUT2D eigenvalue weighted by Gasteiger charge is -2.47. The normalized spacial score (nSPS) is 39.7. The molecule has 1 saturated heterocycles. The third-order valence-electron chi connectivity index (χ3n) is 5.15. The van der Waals surface area contributed by atoms with Crippen molar-refractivity contribution in [2.75, 3.05) is 13.1 Å². The molecule has 17 heavy (non-hydrogen) atoms. The topological polar surface area (TPSA) is 15.3 Å². The van der Waals surface area contributed by atoms with Crippen LogP contribution in [-0.4, -0.2) is 36.1 Å². The van der Waals surface area contributed by atoms with Gasteiger partial charge in [0.1, 0.15) is 0 Å². The molecule has 2 nitrogen and oxygen atoms in total. The van der Waals surface area contributed by atoms with E-state index in [-0.39, 0.29) is 0 Å². The van der Waals surface area contributed by atoms with Gasteiger partial charge in [0.2, 0.25) is 0 Å². The zero-order chi connectivity index (χ0) is 11.7. The quantitative estimate of drug-likeness (QED) is 0.807. The lowest BCUT2D eigenvalue weighted by molar-refractivity contribution is 0.0346. The van der Waals surface area contributed by atoms with Crippen LogP contribution in [0.1, 0.15) is 58.3 Å². The van der Waals surface area contributed by atoms with E-state index in [1.807, 2.05) is 0 Å². The van der Waals surface area contributed by atoms with Gasteiger partial charge in [0.25, 0.3) is 0 Å². The Morgan fingerprint density at radius 2 is 1.88 bits per heavy atom. The molecule has 0 aromatic rings. The number of rotatable bonds is 4. The first-order chi connectivity index (χ1) is 8.34. The Balaban J connectivity index is 1.50. The third-order valence-corrected chi connectivity index (χ3v) is 5.15. The first kappa shape index (κ1) is 12.0. The van der Waals surface area contributed by atoms with E-state index < -0.39 is 0 Å². The number of likely N-dealkylation sites (tertiary alicyclic amines) is 1. The van der Waals surface area contributed by atoms with Crippen LogP contribution in [0.4, 0.5) is 0 Å². The zero-order valence-electron chi connectivity index (χ0n) is 11.3. The van der Waals surface area contributed by atoms with Crippen LogP contribution < -0.4 is 5.32 Å². The highest BCUT2D eigenvalue weighted by Crippen LogP contribution is 2.35. The third kappa shape index (κ3) is 2.85. The minimum atomic E-state index is 0.839.